The Morgan fingerprint density at radius 2 is 0.946 bits per heavy atom. The van der Waals surface area contributed by atoms with E-state index in [4.69, 9.17) is 14.2 Å². The number of allylic oxidation sites excluding steroid dienone is 6. The topological polar surface area (TPSA) is 105 Å². The van der Waals surface area contributed by atoms with Crippen LogP contribution in [0.3, 0.4) is 0 Å². The molecule has 2 unspecified atom stereocenters. The summed E-state index contributed by atoms with van der Waals surface area (Å²) in [6.07, 6.45) is 49.1. The maximum atomic E-state index is 12.0. The van der Waals surface area contributed by atoms with Crippen molar-refractivity contribution in [2.45, 2.75) is 212 Å². The molecule has 328 valence electrons. The van der Waals surface area contributed by atoms with Gasteiger partial charge in [0.1, 0.15) is 19.3 Å². The number of ether oxygens (including phenoxy) is 3. The number of hydrogen-bond donors (Lipinski definition) is 1. The van der Waals surface area contributed by atoms with Crippen molar-refractivity contribution in [3.05, 3.63) is 36.5 Å². The average molecular weight is 792 g/mol. The summed E-state index contributed by atoms with van der Waals surface area (Å²) in [6, 6.07) is 0. The van der Waals surface area contributed by atoms with Gasteiger partial charge in [0.15, 0.2) is 6.29 Å². The molecule has 0 spiro atoms. The van der Waals surface area contributed by atoms with Crippen molar-refractivity contribution in [1.29, 1.82) is 0 Å². The van der Waals surface area contributed by atoms with Crippen LogP contribution in [0.2, 0.25) is 0 Å². The van der Waals surface area contributed by atoms with Gasteiger partial charge >= 0.3 is 5.97 Å². The fourth-order valence-electron chi connectivity index (χ4n) is 6.48. The van der Waals surface area contributed by atoms with Gasteiger partial charge in [0, 0.05) is 6.42 Å². The van der Waals surface area contributed by atoms with Crippen molar-refractivity contribution < 1.29 is 38.5 Å². The molecule has 0 rings (SSSR count). The van der Waals surface area contributed by atoms with Crippen LogP contribution in [0.1, 0.15) is 200 Å². The van der Waals surface area contributed by atoms with Crippen molar-refractivity contribution in [1.82, 2.24) is 0 Å². The third-order valence-electron chi connectivity index (χ3n) is 10.1. The fraction of sp³-hybridized carbons (Fsp3) is 0.833. The molecule has 56 heavy (non-hydrogen) atoms. The van der Waals surface area contributed by atoms with Crippen molar-refractivity contribution in [2.75, 3.05) is 47.5 Å². The van der Waals surface area contributed by atoms with Crippen LogP contribution < -0.4 is 5.11 Å². The molecule has 0 radical (unpaired) electrons. The second-order valence-corrected chi connectivity index (χ2v) is 16.9. The van der Waals surface area contributed by atoms with Crippen molar-refractivity contribution in [3.63, 3.8) is 0 Å². The lowest BCUT2D eigenvalue weighted by atomic mass is 10.0. The lowest BCUT2D eigenvalue weighted by molar-refractivity contribution is -0.870. The molecule has 0 heterocycles. The van der Waals surface area contributed by atoms with Gasteiger partial charge in [-0.1, -0.05) is 185 Å². The van der Waals surface area contributed by atoms with E-state index in [9.17, 15) is 19.8 Å². The van der Waals surface area contributed by atoms with E-state index in [0.29, 0.717) is 17.4 Å². The minimum atomic E-state index is -1.57. The first kappa shape index (κ1) is 54.0. The predicted molar refractivity (Wildman–Crippen MR) is 232 cm³/mol. The third-order valence-corrected chi connectivity index (χ3v) is 10.1. The maximum Gasteiger partial charge on any atom is 0.305 e. The predicted octanol–water partition coefficient (Wildman–Crippen LogP) is 11.1. The molecule has 0 aromatic rings. The van der Waals surface area contributed by atoms with Gasteiger partial charge in [-0.05, 0) is 44.9 Å². The molecule has 0 aromatic heterocycles. The van der Waals surface area contributed by atoms with E-state index in [1.807, 2.05) is 21.1 Å². The summed E-state index contributed by atoms with van der Waals surface area (Å²) in [5, 5.41) is 21.2. The van der Waals surface area contributed by atoms with E-state index in [0.717, 1.165) is 32.1 Å². The summed E-state index contributed by atoms with van der Waals surface area (Å²) in [6.45, 7) is 2.46. The van der Waals surface area contributed by atoms with Crippen LogP contribution in [0.25, 0.3) is 0 Å². The highest BCUT2D eigenvalue weighted by molar-refractivity contribution is 5.69. The second-order valence-electron chi connectivity index (χ2n) is 16.9. The number of carbonyl (C=O) groups excluding carboxylic acids is 2. The number of aliphatic hydroxyl groups is 1. The SMILES string of the molecule is CCCCCCC/C=C\C/C=C\C/C=C\CCCCCCCCCCCCCCCCCCCCCCC(=O)OCC(O)COC(OCC[N+](C)(C)C)C(=O)[O-]. The first-order valence-electron chi connectivity index (χ1n) is 23.2. The molecule has 0 aliphatic heterocycles. The van der Waals surface area contributed by atoms with Crippen molar-refractivity contribution in [3.8, 4) is 0 Å². The number of carboxylic acids is 1. The summed E-state index contributed by atoms with van der Waals surface area (Å²) in [7, 11) is 5.88. The summed E-state index contributed by atoms with van der Waals surface area (Å²) in [4.78, 5) is 23.2. The smallest absolute Gasteiger partial charge is 0.305 e. The van der Waals surface area contributed by atoms with Crippen molar-refractivity contribution in [2.24, 2.45) is 0 Å². The molecule has 0 saturated carbocycles. The zero-order valence-corrected chi connectivity index (χ0v) is 37.0. The largest absolute Gasteiger partial charge is 0.545 e. The summed E-state index contributed by atoms with van der Waals surface area (Å²) in [5.74, 6) is -1.86. The van der Waals surface area contributed by atoms with Gasteiger partial charge in [0.05, 0.1) is 40.3 Å². The van der Waals surface area contributed by atoms with Crippen LogP contribution in [0.15, 0.2) is 36.5 Å². The maximum absolute atomic E-state index is 12.0. The highest BCUT2D eigenvalue weighted by Crippen LogP contribution is 2.16. The van der Waals surface area contributed by atoms with Crippen LogP contribution in [-0.4, -0.2) is 81.4 Å². The molecule has 0 aliphatic carbocycles. The van der Waals surface area contributed by atoms with E-state index < -0.39 is 18.4 Å². The number of quaternary nitrogens is 1. The number of aliphatic hydroxyl groups excluding tert-OH is 1. The lowest BCUT2D eigenvalue weighted by Gasteiger charge is -2.26. The highest BCUT2D eigenvalue weighted by Gasteiger charge is 2.17. The fourth-order valence-corrected chi connectivity index (χ4v) is 6.48. The Balaban J connectivity index is 3.39. The van der Waals surface area contributed by atoms with Gasteiger partial charge in [-0.2, -0.15) is 0 Å². The van der Waals surface area contributed by atoms with Crippen LogP contribution in [0.5, 0.6) is 0 Å². The minimum absolute atomic E-state index is 0.171. The van der Waals surface area contributed by atoms with E-state index in [1.165, 1.54) is 154 Å². The first-order chi connectivity index (χ1) is 27.2. The molecule has 0 amide bonds. The minimum Gasteiger partial charge on any atom is -0.545 e. The zero-order chi connectivity index (χ0) is 41.2. The number of hydrogen-bond acceptors (Lipinski definition) is 7. The molecule has 0 saturated heterocycles. The number of aliphatic carboxylic acids is 1. The quantitative estimate of drug-likeness (QED) is 0.0215. The van der Waals surface area contributed by atoms with Gasteiger partial charge in [-0.25, -0.2) is 0 Å². The van der Waals surface area contributed by atoms with Crippen LogP contribution >= 0.6 is 0 Å². The highest BCUT2D eigenvalue weighted by atomic mass is 16.7. The Morgan fingerprint density at radius 3 is 1.36 bits per heavy atom. The lowest BCUT2D eigenvalue weighted by Crippen LogP contribution is -2.44. The van der Waals surface area contributed by atoms with Crippen LogP contribution in [0, 0.1) is 0 Å². The number of rotatable bonds is 43. The van der Waals surface area contributed by atoms with Gasteiger partial charge in [-0.3, -0.25) is 4.79 Å². The molecule has 2 atom stereocenters. The Hall–Kier alpha value is -2.00. The summed E-state index contributed by atoms with van der Waals surface area (Å²) >= 11 is 0. The molecule has 8 heteroatoms. The second kappa shape index (κ2) is 41.2. The Kier molecular flexibility index (Phi) is 39.7. The van der Waals surface area contributed by atoms with Crippen LogP contribution in [0.4, 0.5) is 0 Å². The average Bonchev–Trinajstić information content (AvgIpc) is 3.16. The van der Waals surface area contributed by atoms with Gasteiger partial charge in [0.25, 0.3) is 0 Å². The van der Waals surface area contributed by atoms with E-state index in [2.05, 4.69) is 43.4 Å². The molecule has 0 fully saturated rings. The number of likely N-dealkylation sites (N-methyl/N-ethyl adjacent to an activating group) is 1. The number of carbonyl (C=O) groups is 2. The molecule has 0 bridgehead atoms. The summed E-state index contributed by atoms with van der Waals surface area (Å²) < 4.78 is 16.0. The number of esters is 1. The van der Waals surface area contributed by atoms with E-state index in [-0.39, 0.29) is 25.8 Å². The Bertz CT molecular complexity index is 958. The Labute approximate surface area is 345 Å². The van der Waals surface area contributed by atoms with Crippen LogP contribution in [-0.2, 0) is 23.8 Å². The van der Waals surface area contributed by atoms with Gasteiger partial charge < -0.3 is 33.7 Å². The first-order valence-corrected chi connectivity index (χ1v) is 23.2. The van der Waals surface area contributed by atoms with Gasteiger partial charge in [0.2, 0.25) is 0 Å². The number of unbranched alkanes of at least 4 members (excludes halogenated alkanes) is 25. The van der Waals surface area contributed by atoms with Crippen molar-refractivity contribution >= 4 is 11.9 Å². The normalized spacial score (nSPS) is 13.4. The Morgan fingerprint density at radius 1 is 0.554 bits per heavy atom. The monoisotopic (exact) mass is 792 g/mol. The number of carboxylic acid groups (broad SMARTS) is 1. The molecular weight excluding hydrogens is 703 g/mol. The molecule has 8 nitrogen and oxygen atoms in total. The third kappa shape index (κ3) is 43.1. The molecule has 1 N–H and O–H groups in total. The number of nitrogens with zero attached hydrogens (tertiary/aromatic N) is 1. The van der Waals surface area contributed by atoms with Gasteiger partial charge in [-0.15, -0.1) is 0 Å². The van der Waals surface area contributed by atoms with E-state index >= 15 is 0 Å². The standard InChI is InChI=1S/C48H89NO7/c1-5-6-7-8-9-10-11-12-13-14-15-16-17-18-19-20-21-22-23-24-25-26-27-28-29-30-31-32-33-34-35-36-37-38-39-40-46(51)55-43-45(50)44-56-48(47(52)53)54-42-41-49(2,3)4/h11-12,14-15,17-18,45,48,50H,5-10,13,16,19-44H2,1-4H3/b12-11-,15-14-,18-17-. The zero-order valence-electron chi connectivity index (χ0n) is 37.0. The molecule has 0 aliphatic rings. The molecule has 0 aromatic carbocycles. The van der Waals surface area contributed by atoms with E-state index in [1.54, 1.807) is 0 Å². The summed E-state index contributed by atoms with van der Waals surface area (Å²) in [5.41, 5.74) is 0. The molecular formula is C48H89NO7.